The number of aliphatic hydroxyl groups excluding tert-OH is 1. The van der Waals surface area contributed by atoms with E-state index in [-0.39, 0.29) is 18.2 Å². The summed E-state index contributed by atoms with van der Waals surface area (Å²) in [7, 11) is 1.63. The third-order valence-electron chi connectivity index (χ3n) is 7.05. The predicted molar refractivity (Wildman–Crippen MR) is 149 cm³/mol. The highest BCUT2D eigenvalue weighted by atomic mass is 16.5. The van der Waals surface area contributed by atoms with Gasteiger partial charge in [-0.05, 0) is 56.2 Å². The number of primary amides is 1. The molecule has 0 saturated heterocycles. The number of amides is 2. The highest BCUT2D eigenvalue weighted by molar-refractivity contribution is 5.96. The van der Waals surface area contributed by atoms with Gasteiger partial charge in [0.2, 0.25) is 11.8 Å². The summed E-state index contributed by atoms with van der Waals surface area (Å²) in [5.41, 5.74) is 7.41. The first-order valence-electron chi connectivity index (χ1n) is 13.6. The summed E-state index contributed by atoms with van der Waals surface area (Å²) >= 11 is 0. The first kappa shape index (κ1) is 30.6. The molecular formula is C30H47N3O4. The molecule has 0 heterocycles. The molecule has 1 aliphatic carbocycles. The number of rotatable bonds is 15. The molecule has 37 heavy (non-hydrogen) atoms. The van der Waals surface area contributed by atoms with E-state index >= 15 is 0 Å². The average molecular weight is 514 g/mol. The van der Waals surface area contributed by atoms with Gasteiger partial charge in [0, 0.05) is 37.7 Å². The molecule has 0 bridgehead atoms. The molecule has 1 aromatic carbocycles. The quantitative estimate of drug-likeness (QED) is 0.326. The fraction of sp³-hybridized carbons (Fsp3) is 0.600. The second-order valence-corrected chi connectivity index (χ2v) is 10.7. The molecule has 0 fully saturated rings. The third kappa shape index (κ3) is 8.17. The zero-order valence-corrected chi connectivity index (χ0v) is 23.5. The largest absolute Gasteiger partial charge is 0.497 e. The fourth-order valence-corrected chi connectivity index (χ4v) is 5.42. The molecular weight excluding hydrogens is 466 g/mol. The van der Waals surface area contributed by atoms with Crippen LogP contribution in [0, 0.1) is 17.3 Å². The molecule has 2 rings (SSSR count). The monoisotopic (exact) mass is 513 g/mol. The lowest BCUT2D eigenvalue weighted by molar-refractivity contribution is -0.132. The Balaban J connectivity index is 2.31. The number of hydrogen-bond donors (Lipinski definition) is 3. The van der Waals surface area contributed by atoms with Crippen LogP contribution in [0.3, 0.4) is 0 Å². The Morgan fingerprint density at radius 2 is 1.89 bits per heavy atom. The number of nitrogens with two attached hydrogens (primary N) is 1. The van der Waals surface area contributed by atoms with Crippen LogP contribution in [0.15, 0.2) is 47.6 Å². The van der Waals surface area contributed by atoms with Crippen molar-refractivity contribution in [3.05, 3.63) is 53.1 Å². The molecule has 1 aromatic rings. The Hall–Kier alpha value is -2.64. The normalized spacial score (nSPS) is 19.1. The van der Waals surface area contributed by atoms with Crippen LogP contribution in [0.4, 0.5) is 0 Å². The maximum atomic E-state index is 13.5. The first-order valence-corrected chi connectivity index (χ1v) is 13.6. The Kier molecular flexibility index (Phi) is 11.9. The number of hydrogen-bond acceptors (Lipinski definition) is 5. The number of aliphatic hydroxyl groups is 1. The van der Waals surface area contributed by atoms with Crippen molar-refractivity contribution in [2.75, 3.05) is 26.7 Å². The zero-order valence-electron chi connectivity index (χ0n) is 23.5. The Bertz CT molecular complexity index is 965. The maximum absolute atomic E-state index is 13.5. The van der Waals surface area contributed by atoms with Gasteiger partial charge in [0.15, 0.2) is 0 Å². The van der Waals surface area contributed by atoms with E-state index in [0.29, 0.717) is 38.2 Å². The molecule has 4 N–H and O–H groups in total. The molecule has 1 aliphatic rings. The minimum atomic E-state index is -1.14. The number of benzene rings is 1. The van der Waals surface area contributed by atoms with E-state index in [1.165, 1.54) is 0 Å². The van der Waals surface area contributed by atoms with Gasteiger partial charge in [0.1, 0.15) is 5.75 Å². The van der Waals surface area contributed by atoms with Gasteiger partial charge in [-0.15, -0.1) is 0 Å². The Morgan fingerprint density at radius 3 is 2.46 bits per heavy atom. The maximum Gasteiger partial charge on any atom is 0.249 e. The minimum Gasteiger partial charge on any atom is -0.497 e. The van der Waals surface area contributed by atoms with Gasteiger partial charge in [0.25, 0.3) is 0 Å². The van der Waals surface area contributed by atoms with Crippen LogP contribution in [0.2, 0.25) is 0 Å². The van der Waals surface area contributed by atoms with Crippen LogP contribution in [0.1, 0.15) is 65.9 Å². The van der Waals surface area contributed by atoms with Crippen molar-refractivity contribution in [3.8, 4) is 5.75 Å². The summed E-state index contributed by atoms with van der Waals surface area (Å²) in [5.74, 6) is 0.0120. The van der Waals surface area contributed by atoms with Crippen LogP contribution in [0.5, 0.6) is 5.75 Å². The Morgan fingerprint density at radius 1 is 1.22 bits per heavy atom. The molecule has 0 saturated carbocycles. The van der Waals surface area contributed by atoms with E-state index in [1.54, 1.807) is 7.11 Å². The van der Waals surface area contributed by atoms with Crippen molar-refractivity contribution in [2.24, 2.45) is 23.0 Å². The van der Waals surface area contributed by atoms with Gasteiger partial charge in [-0.2, -0.15) is 0 Å². The van der Waals surface area contributed by atoms with Gasteiger partial charge in [0.05, 0.1) is 18.6 Å². The van der Waals surface area contributed by atoms with Gasteiger partial charge in [-0.1, -0.05) is 57.6 Å². The lowest BCUT2D eigenvalue weighted by Gasteiger charge is -2.42. The fourth-order valence-electron chi connectivity index (χ4n) is 5.42. The van der Waals surface area contributed by atoms with Crippen LogP contribution < -0.4 is 15.8 Å². The molecule has 206 valence electrons. The van der Waals surface area contributed by atoms with Crippen molar-refractivity contribution >= 4 is 11.8 Å². The highest BCUT2D eigenvalue weighted by Gasteiger charge is 2.48. The highest BCUT2D eigenvalue weighted by Crippen LogP contribution is 2.45. The van der Waals surface area contributed by atoms with Crippen molar-refractivity contribution in [3.63, 3.8) is 0 Å². The van der Waals surface area contributed by atoms with Crippen LogP contribution in [-0.2, 0) is 16.1 Å². The van der Waals surface area contributed by atoms with Gasteiger partial charge in [-0.3, -0.25) is 9.59 Å². The van der Waals surface area contributed by atoms with Gasteiger partial charge >= 0.3 is 0 Å². The van der Waals surface area contributed by atoms with Crippen molar-refractivity contribution < 1.29 is 19.4 Å². The lowest BCUT2D eigenvalue weighted by Crippen LogP contribution is -2.51. The van der Waals surface area contributed by atoms with E-state index in [1.807, 2.05) is 48.2 Å². The summed E-state index contributed by atoms with van der Waals surface area (Å²) in [6.45, 7) is 12.3. The van der Waals surface area contributed by atoms with E-state index < -0.39 is 23.3 Å². The number of nitrogens with one attached hydrogen (secondary N) is 1. The first-order chi connectivity index (χ1) is 17.6. The number of ether oxygens (including phenoxy) is 1. The molecule has 7 heteroatoms. The van der Waals surface area contributed by atoms with Crippen molar-refractivity contribution in [1.29, 1.82) is 0 Å². The van der Waals surface area contributed by atoms with Gasteiger partial charge in [-0.25, -0.2) is 0 Å². The molecule has 3 atom stereocenters. The van der Waals surface area contributed by atoms with E-state index in [2.05, 4.69) is 33.0 Å². The second-order valence-electron chi connectivity index (χ2n) is 10.7. The van der Waals surface area contributed by atoms with E-state index in [4.69, 9.17) is 10.5 Å². The number of allylic oxidation sites excluding steroid dienone is 2. The molecule has 0 aliphatic heterocycles. The van der Waals surface area contributed by atoms with Gasteiger partial charge < -0.3 is 25.8 Å². The third-order valence-corrected chi connectivity index (χ3v) is 7.05. The zero-order chi connectivity index (χ0) is 27.6. The second kappa shape index (κ2) is 14.3. The molecule has 0 spiro atoms. The topological polar surface area (TPSA) is 105 Å². The lowest BCUT2D eigenvalue weighted by atomic mass is 9.63. The summed E-state index contributed by atoms with van der Waals surface area (Å²) < 4.78 is 5.30. The number of carbonyl (C=O) groups excluding carboxylic acids is 2. The molecule has 2 amide bonds. The number of nitrogens with zero attached hydrogens (tertiary/aromatic N) is 1. The summed E-state index contributed by atoms with van der Waals surface area (Å²) in [4.78, 5) is 28.6. The van der Waals surface area contributed by atoms with Crippen LogP contribution >= 0.6 is 0 Å². The smallest absolute Gasteiger partial charge is 0.249 e. The van der Waals surface area contributed by atoms with Crippen LogP contribution in [-0.4, -0.2) is 54.7 Å². The summed E-state index contributed by atoms with van der Waals surface area (Å²) in [5, 5.41) is 14.8. The number of methoxy groups -OCH3 is 1. The average Bonchev–Trinajstić information content (AvgIpc) is 2.86. The van der Waals surface area contributed by atoms with Crippen LogP contribution in [0.25, 0.3) is 0 Å². The SMILES string of the molecule is CCCN(CCC)C(=O)C1=CC(C)=CC(C(N)=O)([C@H](CC(C)C)[C@@H](O)CNCc2cccc(OC)c2)C1. The molecule has 0 radical (unpaired) electrons. The standard InChI is InChI=1S/C30H47N3O4/c1-7-12-33(13-8-2)28(35)24-15-22(5)17-30(18-24,29(31)36)26(14-21(3)4)27(34)20-32-19-23-10-9-11-25(16-23)37-6/h9-11,15-17,21,26-27,32,34H,7-8,12-14,18-20H2,1-6H3,(H2,31,36)/t26-,27+,30?/m1/s1. The van der Waals surface area contributed by atoms with Crippen molar-refractivity contribution in [1.82, 2.24) is 10.2 Å². The molecule has 0 aromatic heterocycles. The molecule has 7 nitrogen and oxygen atoms in total. The summed E-state index contributed by atoms with van der Waals surface area (Å²) in [6, 6.07) is 7.76. The number of carbonyl (C=O) groups is 2. The Labute approximate surface area is 223 Å². The molecule has 1 unspecified atom stereocenters. The van der Waals surface area contributed by atoms with E-state index in [9.17, 15) is 14.7 Å². The summed E-state index contributed by atoms with van der Waals surface area (Å²) in [6.07, 6.45) is 5.46. The minimum absolute atomic E-state index is 0.0456. The van der Waals surface area contributed by atoms with E-state index in [0.717, 1.165) is 29.7 Å². The van der Waals surface area contributed by atoms with Crippen molar-refractivity contribution in [2.45, 2.75) is 73.0 Å². The predicted octanol–water partition coefficient (Wildman–Crippen LogP) is 4.20.